The molecule has 0 atom stereocenters. The molecule has 2 heterocycles. The van der Waals surface area contributed by atoms with Crippen LogP contribution in [-0.2, 0) is 19.6 Å². The Bertz CT molecular complexity index is 1100. The van der Waals surface area contributed by atoms with E-state index in [9.17, 15) is 0 Å². The number of rotatable bonds is 4. The molecule has 5 rings (SSSR count). The maximum absolute atomic E-state index is 2.49. The van der Waals surface area contributed by atoms with E-state index in [4.69, 9.17) is 0 Å². The third kappa shape index (κ3) is 3.50. The molecule has 0 bridgehead atoms. The van der Waals surface area contributed by atoms with Gasteiger partial charge in [-0.1, -0.05) is 78.9 Å². The molecule has 3 aromatic carbocycles. The van der Waals surface area contributed by atoms with Crippen LogP contribution in [0.4, 0.5) is 0 Å². The molecule has 0 aliphatic carbocycles. The van der Waals surface area contributed by atoms with Crippen LogP contribution in [0.2, 0.25) is 0 Å². The highest BCUT2D eigenvalue weighted by Gasteiger charge is 2.20. The van der Waals surface area contributed by atoms with E-state index in [1.54, 1.807) is 0 Å². The molecule has 140 valence electrons. The van der Waals surface area contributed by atoms with Crippen LogP contribution in [0.25, 0.3) is 17.0 Å². The van der Waals surface area contributed by atoms with Crippen LogP contribution >= 0.6 is 17.0 Å². The minimum absolute atomic E-state index is 0. The van der Waals surface area contributed by atoms with E-state index in [0.29, 0.717) is 0 Å². The van der Waals surface area contributed by atoms with E-state index in [1.807, 2.05) is 0 Å². The number of aromatic nitrogens is 1. The zero-order valence-corrected chi connectivity index (χ0v) is 17.4. The third-order valence-corrected chi connectivity index (χ3v) is 5.34. The Kier molecular flexibility index (Phi) is 5.36. The largest absolute Gasteiger partial charge is 0.367 e. The number of hydrogen-bond donors (Lipinski definition) is 0. The van der Waals surface area contributed by atoms with Crippen molar-refractivity contribution in [2.45, 2.75) is 19.6 Å². The van der Waals surface area contributed by atoms with Crippen molar-refractivity contribution in [2.24, 2.45) is 0 Å². The molecule has 0 N–H and O–H groups in total. The molecule has 0 saturated carbocycles. The first-order valence-corrected chi connectivity index (χ1v) is 9.49. The normalized spacial score (nSPS) is 12.6. The summed E-state index contributed by atoms with van der Waals surface area (Å²) in [7, 11) is 0. The van der Waals surface area contributed by atoms with Gasteiger partial charge in [0.1, 0.15) is 0 Å². The summed E-state index contributed by atoms with van der Waals surface area (Å²) in [6, 6.07) is 30.2. The Hall–Kier alpha value is -2.78. The van der Waals surface area contributed by atoms with Crippen molar-refractivity contribution < 1.29 is 0 Å². The average molecular weight is 431 g/mol. The van der Waals surface area contributed by atoms with E-state index in [2.05, 4.69) is 107 Å². The van der Waals surface area contributed by atoms with Crippen molar-refractivity contribution in [2.75, 3.05) is 0 Å². The number of nitrogens with zero attached hydrogens (tertiary/aromatic N) is 2. The average Bonchev–Trinajstić information content (AvgIpc) is 3.03. The Labute approximate surface area is 176 Å². The SMILES string of the molecule is Br.C1=CN(Cc2ccccc2)Cc2c1c1ccccc1n2Cc1ccccc1. The molecule has 0 radical (unpaired) electrons. The van der Waals surface area contributed by atoms with Crippen LogP contribution in [0.3, 0.4) is 0 Å². The van der Waals surface area contributed by atoms with Gasteiger partial charge in [-0.15, -0.1) is 17.0 Å². The molecule has 28 heavy (non-hydrogen) atoms. The van der Waals surface area contributed by atoms with Crippen molar-refractivity contribution in [1.29, 1.82) is 0 Å². The van der Waals surface area contributed by atoms with Crippen molar-refractivity contribution in [3.63, 3.8) is 0 Å². The van der Waals surface area contributed by atoms with Gasteiger partial charge in [0.15, 0.2) is 0 Å². The van der Waals surface area contributed by atoms with Gasteiger partial charge in [0.25, 0.3) is 0 Å². The van der Waals surface area contributed by atoms with Gasteiger partial charge in [-0.05, 0) is 23.3 Å². The van der Waals surface area contributed by atoms with E-state index in [1.165, 1.54) is 33.3 Å². The molecule has 0 unspecified atom stereocenters. The molecule has 0 fully saturated rings. The number of halogens is 1. The summed E-state index contributed by atoms with van der Waals surface area (Å²) >= 11 is 0. The molecular weight excluding hydrogens is 408 g/mol. The summed E-state index contributed by atoms with van der Waals surface area (Å²) < 4.78 is 2.49. The fraction of sp³-hybridized carbons (Fsp3) is 0.120. The molecule has 1 aliphatic heterocycles. The minimum Gasteiger partial charge on any atom is -0.367 e. The predicted octanol–water partition coefficient (Wildman–Crippen LogP) is 6.25. The van der Waals surface area contributed by atoms with Crippen LogP contribution < -0.4 is 0 Å². The van der Waals surface area contributed by atoms with Gasteiger partial charge in [0.2, 0.25) is 0 Å². The van der Waals surface area contributed by atoms with E-state index in [-0.39, 0.29) is 17.0 Å². The summed E-state index contributed by atoms with van der Waals surface area (Å²) in [6.07, 6.45) is 4.53. The predicted molar refractivity (Wildman–Crippen MR) is 123 cm³/mol. The zero-order valence-electron chi connectivity index (χ0n) is 15.7. The topological polar surface area (TPSA) is 8.17 Å². The minimum atomic E-state index is 0. The Morgan fingerprint density at radius 2 is 1.29 bits per heavy atom. The first kappa shape index (κ1) is 18.6. The van der Waals surface area contributed by atoms with Gasteiger partial charge in [-0.2, -0.15) is 0 Å². The van der Waals surface area contributed by atoms with E-state index < -0.39 is 0 Å². The molecule has 0 spiro atoms. The number of fused-ring (bicyclic) bond motifs is 3. The smallest absolute Gasteiger partial charge is 0.0586 e. The lowest BCUT2D eigenvalue weighted by molar-refractivity contribution is 0.350. The third-order valence-electron chi connectivity index (χ3n) is 5.34. The van der Waals surface area contributed by atoms with Gasteiger partial charge in [-0.3, -0.25) is 0 Å². The summed E-state index contributed by atoms with van der Waals surface area (Å²) in [5.74, 6) is 0. The highest BCUT2D eigenvalue weighted by atomic mass is 79.9. The molecular formula is C25H23BrN2. The Morgan fingerprint density at radius 3 is 2.00 bits per heavy atom. The fourth-order valence-corrected chi connectivity index (χ4v) is 4.04. The highest BCUT2D eigenvalue weighted by Crippen LogP contribution is 2.32. The molecule has 1 aromatic heterocycles. The molecule has 3 heteroatoms. The molecule has 0 amide bonds. The van der Waals surface area contributed by atoms with Crippen molar-refractivity contribution >= 4 is 34.0 Å². The standard InChI is InChI=1S/C25H22N2.BrH/c1-3-9-20(10-4-1)17-26-16-15-23-22-13-7-8-14-24(22)27(25(23)19-26)18-21-11-5-2-6-12-21;/h1-16H,17-19H2;1H. The second kappa shape index (κ2) is 8.07. The molecule has 0 saturated heterocycles. The summed E-state index contributed by atoms with van der Waals surface area (Å²) in [5.41, 5.74) is 6.77. The van der Waals surface area contributed by atoms with Crippen LogP contribution in [0, 0.1) is 0 Å². The Morgan fingerprint density at radius 1 is 0.679 bits per heavy atom. The summed E-state index contributed by atoms with van der Waals surface area (Å²) in [5, 5.41) is 1.35. The quantitative estimate of drug-likeness (QED) is 0.371. The lowest BCUT2D eigenvalue weighted by Crippen LogP contribution is -2.21. The van der Waals surface area contributed by atoms with Gasteiger partial charge in [0, 0.05) is 41.4 Å². The maximum atomic E-state index is 2.49. The van der Waals surface area contributed by atoms with Crippen LogP contribution in [0.1, 0.15) is 22.4 Å². The number of benzene rings is 3. The van der Waals surface area contributed by atoms with Crippen molar-refractivity contribution in [1.82, 2.24) is 9.47 Å². The Balaban J connectivity index is 0.00000192. The van der Waals surface area contributed by atoms with Crippen molar-refractivity contribution in [3.8, 4) is 0 Å². The number of hydrogen-bond acceptors (Lipinski definition) is 1. The van der Waals surface area contributed by atoms with Crippen LogP contribution in [-0.4, -0.2) is 9.47 Å². The molecule has 2 nitrogen and oxygen atoms in total. The van der Waals surface area contributed by atoms with Gasteiger partial charge in [0.05, 0.1) is 6.54 Å². The van der Waals surface area contributed by atoms with E-state index in [0.717, 1.165) is 19.6 Å². The zero-order chi connectivity index (χ0) is 18.1. The number of para-hydroxylation sites is 1. The van der Waals surface area contributed by atoms with Crippen LogP contribution in [0.15, 0.2) is 91.1 Å². The molecule has 4 aromatic rings. The molecule has 1 aliphatic rings. The van der Waals surface area contributed by atoms with Gasteiger partial charge < -0.3 is 9.47 Å². The van der Waals surface area contributed by atoms with Gasteiger partial charge in [-0.25, -0.2) is 0 Å². The first-order valence-electron chi connectivity index (χ1n) is 9.49. The summed E-state index contributed by atoms with van der Waals surface area (Å²) in [6.45, 7) is 2.77. The van der Waals surface area contributed by atoms with Crippen molar-refractivity contribution in [3.05, 3.63) is 114 Å². The lowest BCUT2D eigenvalue weighted by Gasteiger charge is -2.25. The lowest BCUT2D eigenvalue weighted by atomic mass is 10.1. The summed E-state index contributed by atoms with van der Waals surface area (Å²) in [4.78, 5) is 2.40. The monoisotopic (exact) mass is 430 g/mol. The second-order valence-corrected chi connectivity index (χ2v) is 7.16. The maximum Gasteiger partial charge on any atom is 0.0586 e. The first-order chi connectivity index (χ1) is 13.4. The fourth-order valence-electron chi connectivity index (χ4n) is 4.04. The van der Waals surface area contributed by atoms with Gasteiger partial charge >= 0.3 is 0 Å². The van der Waals surface area contributed by atoms with Crippen LogP contribution in [0.5, 0.6) is 0 Å². The second-order valence-electron chi connectivity index (χ2n) is 7.16. The highest BCUT2D eigenvalue weighted by molar-refractivity contribution is 8.93. The van der Waals surface area contributed by atoms with E-state index >= 15 is 0 Å².